The van der Waals surface area contributed by atoms with Crippen LogP contribution in [0.3, 0.4) is 0 Å². The summed E-state index contributed by atoms with van der Waals surface area (Å²) < 4.78 is 41.1. The van der Waals surface area contributed by atoms with Gasteiger partial charge in [-0.15, -0.1) is 0 Å². The van der Waals surface area contributed by atoms with E-state index in [4.69, 9.17) is 26.8 Å². The van der Waals surface area contributed by atoms with Crippen LogP contribution in [0.25, 0.3) is 17.2 Å². The van der Waals surface area contributed by atoms with Crippen LogP contribution in [-0.2, 0) is 16.0 Å². The van der Waals surface area contributed by atoms with Crippen molar-refractivity contribution in [1.82, 2.24) is 15.2 Å². The number of nitrogens with two attached hydrogens (primary N) is 1. The van der Waals surface area contributed by atoms with Crippen molar-refractivity contribution in [1.29, 1.82) is 0 Å². The number of carbonyl (C=O) groups excluding carboxylic acids is 2. The number of ether oxygens (including phenoxy) is 2. The van der Waals surface area contributed by atoms with Crippen LogP contribution in [0.2, 0.25) is 5.02 Å². The number of amides is 2. The predicted molar refractivity (Wildman–Crippen MR) is 142 cm³/mol. The molecular weight excluding hydrogens is 530 g/mol. The molecule has 0 radical (unpaired) electrons. The van der Waals surface area contributed by atoms with E-state index in [1.54, 1.807) is 36.5 Å². The SMILES string of the molecule is Nc1ccc(C=CC(=O)NCC2Cc3cc(-c4cc(F)c(C(=O)N5CCOCC5)c(F)c4)cc(Cl)c3O2)cn1. The number of hydrogen-bond donors (Lipinski definition) is 2. The number of anilines is 1. The van der Waals surface area contributed by atoms with Crippen LogP contribution in [0.4, 0.5) is 14.6 Å². The largest absolute Gasteiger partial charge is 0.486 e. The van der Waals surface area contributed by atoms with Gasteiger partial charge in [-0.05, 0) is 59.2 Å². The monoisotopic (exact) mass is 554 g/mol. The Bertz CT molecular complexity index is 1420. The van der Waals surface area contributed by atoms with Crippen molar-refractivity contribution >= 4 is 35.3 Å². The highest BCUT2D eigenvalue weighted by Gasteiger charge is 2.28. The molecule has 1 atom stereocenters. The number of hydrogen-bond acceptors (Lipinski definition) is 6. The number of benzene rings is 2. The second-order valence-corrected chi connectivity index (χ2v) is 9.61. The van der Waals surface area contributed by atoms with E-state index in [1.165, 1.54) is 11.0 Å². The summed E-state index contributed by atoms with van der Waals surface area (Å²) in [7, 11) is 0. The van der Waals surface area contributed by atoms with Gasteiger partial charge in [0.1, 0.15) is 34.9 Å². The van der Waals surface area contributed by atoms with Crippen LogP contribution in [0.5, 0.6) is 5.75 Å². The Kier molecular flexibility index (Phi) is 7.76. The molecule has 2 aromatic carbocycles. The van der Waals surface area contributed by atoms with E-state index in [0.717, 1.165) is 23.3 Å². The number of nitrogen functional groups attached to an aromatic ring is 1. The molecule has 1 saturated heterocycles. The van der Waals surface area contributed by atoms with Gasteiger partial charge in [0.2, 0.25) is 5.91 Å². The molecular formula is C28H25ClF2N4O4. The minimum atomic E-state index is -0.947. The van der Waals surface area contributed by atoms with Gasteiger partial charge in [-0.1, -0.05) is 11.6 Å². The Balaban J connectivity index is 1.25. The summed E-state index contributed by atoms with van der Waals surface area (Å²) in [5, 5.41) is 3.06. The Morgan fingerprint density at radius 1 is 1.13 bits per heavy atom. The van der Waals surface area contributed by atoms with Gasteiger partial charge >= 0.3 is 0 Å². The van der Waals surface area contributed by atoms with Gasteiger partial charge in [-0.2, -0.15) is 0 Å². The van der Waals surface area contributed by atoms with Crippen molar-refractivity contribution in [3.05, 3.63) is 82.0 Å². The van der Waals surface area contributed by atoms with E-state index in [9.17, 15) is 18.4 Å². The van der Waals surface area contributed by atoms with Crippen LogP contribution in [0, 0.1) is 11.6 Å². The highest BCUT2D eigenvalue weighted by molar-refractivity contribution is 6.32. The summed E-state index contributed by atoms with van der Waals surface area (Å²) in [6.07, 6.45) is 4.63. The van der Waals surface area contributed by atoms with Gasteiger partial charge in [0.25, 0.3) is 5.91 Å². The van der Waals surface area contributed by atoms with Crippen molar-refractivity contribution in [3.8, 4) is 16.9 Å². The number of nitrogens with zero attached hydrogens (tertiary/aromatic N) is 2. The number of nitrogens with one attached hydrogen (secondary N) is 1. The topological polar surface area (TPSA) is 107 Å². The average Bonchev–Trinajstić information content (AvgIpc) is 3.35. The zero-order valence-electron chi connectivity index (χ0n) is 20.8. The molecule has 5 rings (SSSR count). The van der Waals surface area contributed by atoms with E-state index in [2.05, 4.69) is 10.3 Å². The molecule has 11 heteroatoms. The van der Waals surface area contributed by atoms with Crippen LogP contribution in [0.1, 0.15) is 21.5 Å². The molecule has 0 bridgehead atoms. The first kappa shape index (κ1) is 26.6. The smallest absolute Gasteiger partial charge is 0.259 e. The minimum absolute atomic E-state index is 0.227. The van der Waals surface area contributed by atoms with Crippen LogP contribution in [0.15, 0.2) is 48.7 Å². The van der Waals surface area contributed by atoms with Crippen molar-refractivity contribution in [3.63, 3.8) is 0 Å². The average molecular weight is 555 g/mol. The molecule has 1 unspecified atom stereocenters. The fourth-order valence-electron chi connectivity index (χ4n) is 4.50. The van der Waals surface area contributed by atoms with E-state index in [0.29, 0.717) is 36.8 Å². The summed E-state index contributed by atoms with van der Waals surface area (Å²) in [5.41, 5.74) is 7.17. The highest BCUT2D eigenvalue weighted by atomic mass is 35.5. The molecule has 202 valence electrons. The lowest BCUT2D eigenvalue weighted by atomic mass is 9.98. The third-order valence-corrected chi connectivity index (χ3v) is 6.76. The lowest BCUT2D eigenvalue weighted by Gasteiger charge is -2.27. The van der Waals surface area contributed by atoms with Crippen LogP contribution < -0.4 is 15.8 Å². The zero-order chi connectivity index (χ0) is 27.5. The summed E-state index contributed by atoms with van der Waals surface area (Å²) in [5.74, 6) is -2.05. The number of aromatic nitrogens is 1. The van der Waals surface area contributed by atoms with E-state index in [-0.39, 0.29) is 42.2 Å². The number of halogens is 3. The van der Waals surface area contributed by atoms with Gasteiger partial charge in [-0.3, -0.25) is 9.59 Å². The standard InChI is InChI=1S/C28H25ClF2N4O4/c29-21-11-17(18-12-22(30)26(23(31)13-18)28(37)35-5-7-38-8-6-35)9-19-10-20(39-27(19)21)15-34-25(36)4-2-16-1-3-24(32)33-14-16/h1-4,9,11-14,20H,5-8,10,15H2,(H2,32,33)(H,34,36). The number of carbonyl (C=O) groups is 2. The Hall–Kier alpha value is -4.02. The molecule has 2 aliphatic rings. The van der Waals surface area contributed by atoms with Crippen LogP contribution in [-0.4, -0.2) is 60.7 Å². The summed E-state index contributed by atoms with van der Waals surface area (Å²) >= 11 is 6.45. The molecule has 2 aliphatic heterocycles. The maximum Gasteiger partial charge on any atom is 0.259 e. The third-order valence-electron chi connectivity index (χ3n) is 6.48. The minimum Gasteiger partial charge on any atom is -0.486 e. The first-order chi connectivity index (χ1) is 18.8. The molecule has 2 amide bonds. The number of fused-ring (bicyclic) bond motifs is 1. The lowest BCUT2D eigenvalue weighted by Crippen LogP contribution is -2.41. The number of morpholine rings is 1. The van der Waals surface area contributed by atoms with Gasteiger partial charge in [0, 0.05) is 37.3 Å². The Morgan fingerprint density at radius 3 is 2.54 bits per heavy atom. The Morgan fingerprint density at radius 2 is 1.85 bits per heavy atom. The predicted octanol–water partition coefficient (Wildman–Crippen LogP) is 3.87. The molecule has 0 saturated carbocycles. The van der Waals surface area contributed by atoms with Crippen molar-refractivity contribution in [2.24, 2.45) is 0 Å². The normalized spacial score (nSPS) is 16.7. The van der Waals surface area contributed by atoms with Gasteiger partial charge < -0.3 is 25.4 Å². The Labute approximate surface area is 228 Å². The van der Waals surface area contributed by atoms with Crippen molar-refractivity contribution in [2.45, 2.75) is 12.5 Å². The molecule has 8 nitrogen and oxygen atoms in total. The van der Waals surface area contributed by atoms with E-state index in [1.807, 2.05) is 0 Å². The number of rotatable bonds is 6. The first-order valence-corrected chi connectivity index (χ1v) is 12.7. The summed E-state index contributed by atoms with van der Waals surface area (Å²) in [6, 6.07) is 8.95. The molecule has 0 spiro atoms. The second kappa shape index (κ2) is 11.4. The maximum absolute atomic E-state index is 15.0. The zero-order valence-corrected chi connectivity index (χ0v) is 21.5. The maximum atomic E-state index is 15.0. The molecule has 1 aromatic heterocycles. The number of pyridine rings is 1. The fourth-order valence-corrected chi connectivity index (χ4v) is 4.78. The van der Waals surface area contributed by atoms with Crippen molar-refractivity contribution in [2.75, 3.05) is 38.6 Å². The van der Waals surface area contributed by atoms with Gasteiger partial charge in [0.15, 0.2) is 0 Å². The summed E-state index contributed by atoms with van der Waals surface area (Å²) in [6.45, 7) is 1.43. The highest BCUT2D eigenvalue weighted by Crippen LogP contribution is 2.40. The van der Waals surface area contributed by atoms with Gasteiger partial charge in [0.05, 0.1) is 24.8 Å². The van der Waals surface area contributed by atoms with E-state index < -0.39 is 23.1 Å². The third kappa shape index (κ3) is 6.02. The van der Waals surface area contributed by atoms with Crippen LogP contribution >= 0.6 is 11.6 Å². The molecule has 39 heavy (non-hydrogen) atoms. The molecule has 1 fully saturated rings. The first-order valence-electron chi connectivity index (χ1n) is 12.3. The van der Waals surface area contributed by atoms with Gasteiger partial charge in [-0.25, -0.2) is 13.8 Å². The molecule has 3 aromatic rings. The molecule has 3 N–H and O–H groups in total. The molecule has 0 aliphatic carbocycles. The summed E-state index contributed by atoms with van der Waals surface area (Å²) in [4.78, 5) is 30.2. The molecule has 3 heterocycles. The quantitative estimate of drug-likeness (QED) is 0.448. The fraction of sp³-hybridized carbons (Fsp3) is 0.250. The second-order valence-electron chi connectivity index (χ2n) is 9.20. The van der Waals surface area contributed by atoms with E-state index >= 15 is 0 Å². The lowest BCUT2D eigenvalue weighted by molar-refractivity contribution is -0.116. The van der Waals surface area contributed by atoms with Crippen molar-refractivity contribution < 1.29 is 27.8 Å².